The first-order valence-corrected chi connectivity index (χ1v) is 6.37. The molecule has 0 bridgehead atoms. The van der Waals surface area contributed by atoms with Crippen LogP contribution in [0.2, 0.25) is 5.02 Å². The molecule has 1 aromatic carbocycles. The number of rotatable bonds is 5. The molecule has 0 amide bonds. The Bertz CT molecular complexity index is 614. The van der Waals surface area contributed by atoms with Gasteiger partial charge in [-0.05, 0) is 24.6 Å². The molecule has 1 N–H and O–H groups in total. The minimum absolute atomic E-state index is 0.0570. The Morgan fingerprint density at radius 1 is 1.35 bits per heavy atom. The van der Waals surface area contributed by atoms with E-state index in [2.05, 4.69) is 15.3 Å². The molecule has 0 aliphatic heterocycles. The predicted octanol–water partition coefficient (Wildman–Crippen LogP) is 2.95. The van der Waals surface area contributed by atoms with E-state index in [1.807, 2.05) is 12.1 Å². The smallest absolute Gasteiger partial charge is 0.222 e. The van der Waals surface area contributed by atoms with Crippen molar-refractivity contribution < 1.29 is 9.53 Å². The number of benzene rings is 1. The minimum atomic E-state index is -0.0570. The molecule has 0 saturated heterocycles. The van der Waals surface area contributed by atoms with Crippen molar-refractivity contribution in [3.05, 3.63) is 46.7 Å². The molecule has 0 fully saturated rings. The summed E-state index contributed by atoms with van der Waals surface area (Å²) >= 11 is 6.05. The van der Waals surface area contributed by atoms with Gasteiger partial charge in [-0.3, -0.25) is 4.79 Å². The molecule has 6 heteroatoms. The van der Waals surface area contributed by atoms with Gasteiger partial charge < -0.3 is 10.1 Å². The van der Waals surface area contributed by atoms with E-state index < -0.39 is 0 Å². The average Bonchev–Trinajstić information content (AvgIpc) is 2.45. The molecule has 1 aromatic heterocycles. The molecule has 0 aliphatic rings. The SMILES string of the molecule is COc1ccc(CNc2ncc(C(C)=O)cn2)cc1Cl. The van der Waals surface area contributed by atoms with Crippen LogP contribution < -0.4 is 10.1 Å². The lowest BCUT2D eigenvalue weighted by Gasteiger charge is -2.07. The highest BCUT2D eigenvalue weighted by molar-refractivity contribution is 6.32. The van der Waals surface area contributed by atoms with Crippen molar-refractivity contribution in [1.29, 1.82) is 0 Å². The Morgan fingerprint density at radius 3 is 2.60 bits per heavy atom. The number of carbonyl (C=O) groups excluding carboxylic acids is 1. The lowest BCUT2D eigenvalue weighted by molar-refractivity contribution is 0.101. The Balaban J connectivity index is 2.01. The maximum absolute atomic E-state index is 11.1. The summed E-state index contributed by atoms with van der Waals surface area (Å²) in [5.41, 5.74) is 1.47. The number of Topliss-reactive ketones (excluding diaryl/α,β-unsaturated/α-hetero) is 1. The predicted molar refractivity (Wildman–Crippen MR) is 77.4 cm³/mol. The number of ketones is 1. The molecular weight excluding hydrogens is 278 g/mol. The van der Waals surface area contributed by atoms with Gasteiger partial charge in [-0.25, -0.2) is 9.97 Å². The number of halogens is 1. The topological polar surface area (TPSA) is 64.1 Å². The zero-order valence-corrected chi connectivity index (χ0v) is 11.9. The zero-order chi connectivity index (χ0) is 14.5. The number of hydrogen-bond acceptors (Lipinski definition) is 5. The van der Waals surface area contributed by atoms with Crippen LogP contribution >= 0.6 is 11.6 Å². The number of anilines is 1. The molecule has 0 radical (unpaired) electrons. The summed E-state index contributed by atoms with van der Waals surface area (Å²) in [5, 5.41) is 3.61. The van der Waals surface area contributed by atoms with Crippen LogP contribution in [0.4, 0.5) is 5.95 Å². The number of ether oxygens (including phenoxy) is 1. The second-order valence-electron chi connectivity index (χ2n) is 4.17. The quantitative estimate of drug-likeness (QED) is 0.858. The number of aromatic nitrogens is 2. The molecule has 0 aliphatic carbocycles. The van der Waals surface area contributed by atoms with E-state index in [0.717, 1.165) is 5.56 Å². The average molecular weight is 292 g/mol. The molecule has 1 heterocycles. The fourth-order valence-corrected chi connectivity index (χ4v) is 1.88. The van der Waals surface area contributed by atoms with Crippen molar-refractivity contribution >= 4 is 23.3 Å². The maximum Gasteiger partial charge on any atom is 0.222 e. The third-order valence-electron chi connectivity index (χ3n) is 2.73. The second kappa shape index (κ2) is 6.34. The molecule has 104 valence electrons. The van der Waals surface area contributed by atoms with E-state index in [9.17, 15) is 4.79 Å². The monoisotopic (exact) mass is 291 g/mol. The zero-order valence-electron chi connectivity index (χ0n) is 11.2. The highest BCUT2D eigenvalue weighted by Gasteiger charge is 2.04. The van der Waals surface area contributed by atoms with Gasteiger partial charge in [0.1, 0.15) is 5.75 Å². The van der Waals surface area contributed by atoms with E-state index in [1.165, 1.54) is 19.3 Å². The summed E-state index contributed by atoms with van der Waals surface area (Å²) in [6.07, 6.45) is 3.00. The second-order valence-corrected chi connectivity index (χ2v) is 4.58. The summed E-state index contributed by atoms with van der Waals surface area (Å²) in [6.45, 7) is 2.01. The normalized spacial score (nSPS) is 10.2. The largest absolute Gasteiger partial charge is 0.495 e. The third-order valence-corrected chi connectivity index (χ3v) is 3.02. The van der Waals surface area contributed by atoms with Crippen LogP contribution in [0.1, 0.15) is 22.8 Å². The summed E-state index contributed by atoms with van der Waals surface area (Å²) in [7, 11) is 1.57. The molecule has 0 unspecified atom stereocenters. The number of carbonyl (C=O) groups is 1. The van der Waals surface area contributed by atoms with Crippen LogP contribution in [-0.2, 0) is 6.54 Å². The fraction of sp³-hybridized carbons (Fsp3) is 0.214. The van der Waals surface area contributed by atoms with Gasteiger partial charge in [-0.2, -0.15) is 0 Å². The van der Waals surface area contributed by atoms with Gasteiger partial charge in [0.15, 0.2) is 5.78 Å². The van der Waals surface area contributed by atoms with Gasteiger partial charge in [0.25, 0.3) is 0 Å². The Morgan fingerprint density at radius 2 is 2.05 bits per heavy atom. The molecular formula is C14H14ClN3O2. The van der Waals surface area contributed by atoms with Crippen LogP contribution in [0.15, 0.2) is 30.6 Å². The van der Waals surface area contributed by atoms with E-state index in [-0.39, 0.29) is 5.78 Å². The maximum atomic E-state index is 11.1. The van der Waals surface area contributed by atoms with Crippen molar-refractivity contribution in [2.24, 2.45) is 0 Å². The number of methoxy groups -OCH3 is 1. The van der Waals surface area contributed by atoms with E-state index in [4.69, 9.17) is 16.3 Å². The molecule has 20 heavy (non-hydrogen) atoms. The summed E-state index contributed by atoms with van der Waals surface area (Å²) in [4.78, 5) is 19.2. The van der Waals surface area contributed by atoms with Crippen molar-refractivity contribution in [2.45, 2.75) is 13.5 Å². The molecule has 0 saturated carbocycles. The van der Waals surface area contributed by atoms with Gasteiger partial charge in [-0.15, -0.1) is 0 Å². The van der Waals surface area contributed by atoms with E-state index >= 15 is 0 Å². The van der Waals surface area contributed by atoms with Crippen molar-refractivity contribution in [2.75, 3.05) is 12.4 Å². The molecule has 0 atom stereocenters. The van der Waals surface area contributed by atoms with Crippen LogP contribution in [0.3, 0.4) is 0 Å². The lowest BCUT2D eigenvalue weighted by atomic mass is 10.2. The summed E-state index contributed by atoms with van der Waals surface area (Å²) < 4.78 is 5.09. The number of nitrogens with zero attached hydrogens (tertiary/aromatic N) is 2. The van der Waals surface area contributed by atoms with Crippen LogP contribution in [-0.4, -0.2) is 22.9 Å². The van der Waals surface area contributed by atoms with Crippen molar-refractivity contribution in [1.82, 2.24) is 9.97 Å². The van der Waals surface area contributed by atoms with Gasteiger partial charge >= 0.3 is 0 Å². The minimum Gasteiger partial charge on any atom is -0.495 e. The number of nitrogens with one attached hydrogen (secondary N) is 1. The highest BCUT2D eigenvalue weighted by atomic mass is 35.5. The van der Waals surface area contributed by atoms with Crippen molar-refractivity contribution in [3.63, 3.8) is 0 Å². The Labute approximate surface area is 122 Å². The van der Waals surface area contributed by atoms with Gasteiger partial charge in [0.2, 0.25) is 5.95 Å². The summed E-state index contributed by atoms with van der Waals surface area (Å²) in [5.74, 6) is 1.04. The van der Waals surface area contributed by atoms with Gasteiger partial charge in [0, 0.05) is 18.9 Å². The molecule has 2 rings (SSSR count). The van der Waals surface area contributed by atoms with Crippen molar-refractivity contribution in [3.8, 4) is 5.75 Å². The lowest BCUT2D eigenvalue weighted by Crippen LogP contribution is -2.05. The standard InChI is InChI=1S/C14H14ClN3O2/c1-9(19)11-7-17-14(18-8-11)16-6-10-3-4-13(20-2)12(15)5-10/h3-5,7-8H,6H2,1-2H3,(H,16,17,18). The first kappa shape index (κ1) is 14.3. The van der Waals surface area contributed by atoms with Gasteiger partial charge in [0.05, 0.1) is 17.7 Å². The third kappa shape index (κ3) is 3.45. The number of hydrogen-bond donors (Lipinski definition) is 1. The van der Waals surface area contributed by atoms with Crippen LogP contribution in [0.5, 0.6) is 5.75 Å². The molecule has 0 spiro atoms. The van der Waals surface area contributed by atoms with Gasteiger partial charge in [-0.1, -0.05) is 17.7 Å². The summed E-state index contributed by atoms with van der Waals surface area (Å²) in [6, 6.07) is 5.53. The molecule has 5 nitrogen and oxygen atoms in total. The van der Waals surface area contributed by atoms with Crippen LogP contribution in [0, 0.1) is 0 Å². The Kier molecular flexibility index (Phi) is 4.53. The van der Waals surface area contributed by atoms with Crippen LogP contribution in [0.25, 0.3) is 0 Å². The highest BCUT2D eigenvalue weighted by Crippen LogP contribution is 2.25. The fourth-order valence-electron chi connectivity index (χ4n) is 1.60. The van der Waals surface area contributed by atoms with E-state index in [1.54, 1.807) is 13.2 Å². The Hall–Kier alpha value is -2.14. The van der Waals surface area contributed by atoms with E-state index in [0.29, 0.717) is 28.8 Å². The first-order chi connectivity index (χ1) is 9.60. The first-order valence-electron chi connectivity index (χ1n) is 5.99. The molecule has 2 aromatic rings.